The van der Waals surface area contributed by atoms with Crippen molar-refractivity contribution >= 4 is 10.8 Å². The Hall–Kier alpha value is -1.48. The van der Waals surface area contributed by atoms with E-state index in [1.54, 1.807) is 12.5 Å². The first-order chi connectivity index (χ1) is 7.29. The molecule has 2 rings (SSSR count). The molecule has 0 saturated heterocycles. The molecule has 0 saturated carbocycles. The fraction of sp³-hybridized carbons (Fsp3) is 0.0833. The van der Waals surface area contributed by atoms with Gasteiger partial charge in [-0.3, -0.25) is 9.19 Å². The van der Waals surface area contributed by atoms with Gasteiger partial charge in [0.2, 0.25) is 0 Å². The first kappa shape index (κ1) is 10.1. The molecule has 1 aromatic heterocycles. The van der Waals surface area contributed by atoms with Crippen molar-refractivity contribution < 1.29 is 4.21 Å². The van der Waals surface area contributed by atoms with Crippen molar-refractivity contribution in [2.24, 2.45) is 0 Å². The standard InChI is InChI=1S/C12H11NOS/c1-15(14)12-8-3-2-6-10(12)11-7-4-5-9-13-11/h2-9H,1H3. The summed E-state index contributed by atoms with van der Waals surface area (Å²) in [6.45, 7) is 0. The Morgan fingerprint density at radius 3 is 2.47 bits per heavy atom. The molecular formula is C12H11NOS. The van der Waals surface area contributed by atoms with Crippen LogP contribution in [0.1, 0.15) is 0 Å². The number of rotatable bonds is 2. The van der Waals surface area contributed by atoms with Crippen LogP contribution in [0.5, 0.6) is 0 Å². The van der Waals surface area contributed by atoms with Gasteiger partial charge in [-0.2, -0.15) is 0 Å². The molecule has 2 nitrogen and oxygen atoms in total. The van der Waals surface area contributed by atoms with Gasteiger partial charge in [0, 0.05) is 22.9 Å². The zero-order chi connectivity index (χ0) is 10.7. The van der Waals surface area contributed by atoms with E-state index in [0.29, 0.717) is 0 Å². The van der Waals surface area contributed by atoms with Gasteiger partial charge in [-0.15, -0.1) is 0 Å². The van der Waals surface area contributed by atoms with E-state index in [9.17, 15) is 4.21 Å². The molecule has 0 amide bonds. The Balaban J connectivity index is 2.58. The first-order valence-corrected chi connectivity index (χ1v) is 6.18. The largest absolute Gasteiger partial charge is 0.256 e. The van der Waals surface area contributed by atoms with E-state index in [-0.39, 0.29) is 0 Å². The van der Waals surface area contributed by atoms with E-state index < -0.39 is 10.8 Å². The molecule has 1 aromatic carbocycles. The Kier molecular flexibility index (Phi) is 2.92. The van der Waals surface area contributed by atoms with E-state index in [0.717, 1.165) is 16.2 Å². The molecule has 2 aromatic rings. The van der Waals surface area contributed by atoms with Gasteiger partial charge >= 0.3 is 0 Å². The molecule has 1 heterocycles. The van der Waals surface area contributed by atoms with Crippen LogP contribution in [0.4, 0.5) is 0 Å². The Morgan fingerprint density at radius 1 is 1.07 bits per heavy atom. The second-order valence-corrected chi connectivity index (χ2v) is 4.51. The minimum atomic E-state index is -0.981. The summed E-state index contributed by atoms with van der Waals surface area (Å²) in [5.41, 5.74) is 1.81. The van der Waals surface area contributed by atoms with Crippen molar-refractivity contribution in [1.82, 2.24) is 4.98 Å². The molecule has 15 heavy (non-hydrogen) atoms. The predicted octanol–water partition coefficient (Wildman–Crippen LogP) is 2.49. The fourth-order valence-electron chi connectivity index (χ4n) is 1.45. The van der Waals surface area contributed by atoms with Crippen molar-refractivity contribution in [1.29, 1.82) is 0 Å². The summed E-state index contributed by atoms with van der Waals surface area (Å²) in [6, 6.07) is 13.4. The third-order valence-corrected chi connectivity index (χ3v) is 3.11. The van der Waals surface area contributed by atoms with Crippen LogP contribution in [0.2, 0.25) is 0 Å². The maximum Gasteiger partial charge on any atom is 0.0714 e. The molecule has 1 unspecified atom stereocenters. The topological polar surface area (TPSA) is 30.0 Å². The third-order valence-electron chi connectivity index (χ3n) is 2.14. The Labute approximate surface area is 91.4 Å². The van der Waals surface area contributed by atoms with Gasteiger partial charge in [0.1, 0.15) is 0 Å². The molecule has 0 aliphatic carbocycles. The molecule has 0 radical (unpaired) electrons. The summed E-state index contributed by atoms with van der Waals surface area (Å²) in [7, 11) is -0.981. The molecule has 0 spiro atoms. The molecule has 76 valence electrons. The van der Waals surface area contributed by atoms with Crippen LogP contribution in [0.15, 0.2) is 53.6 Å². The van der Waals surface area contributed by atoms with Crippen LogP contribution < -0.4 is 0 Å². The van der Waals surface area contributed by atoms with Gasteiger partial charge in [0.25, 0.3) is 0 Å². The summed E-state index contributed by atoms with van der Waals surface area (Å²) in [5.74, 6) is 0. The quantitative estimate of drug-likeness (QED) is 0.773. The average molecular weight is 217 g/mol. The second kappa shape index (κ2) is 4.36. The molecular weight excluding hydrogens is 206 g/mol. The fourth-order valence-corrected chi connectivity index (χ4v) is 2.20. The summed E-state index contributed by atoms with van der Waals surface area (Å²) >= 11 is 0. The van der Waals surface area contributed by atoms with Gasteiger partial charge in [-0.05, 0) is 18.2 Å². The number of benzene rings is 1. The van der Waals surface area contributed by atoms with Crippen molar-refractivity contribution in [3.05, 3.63) is 48.7 Å². The van der Waals surface area contributed by atoms with Gasteiger partial charge in [-0.25, -0.2) is 0 Å². The number of nitrogens with zero attached hydrogens (tertiary/aromatic N) is 1. The van der Waals surface area contributed by atoms with Crippen LogP contribution in [0.3, 0.4) is 0 Å². The lowest BCUT2D eigenvalue weighted by atomic mass is 10.1. The lowest BCUT2D eigenvalue weighted by molar-refractivity contribution is 0.687. The van der Waals surface area contributed by atoms with Crippen molar-refractivity contribution in [3.8, 4) is 11.3 Å². The van der Waals surface area contributed by atoms with Gasteiger partial charge in [0.05, 0.1) is 16.5 Å². The SMILES string of the molecule is CS(=O)c1ccccc1-c1ccccn1. The van der Waals surface area contributed by atoms with Crippen molar-refractivity contribution in [2.45, 2.75) is 4.90 Å². The highest BCUT2D eigenvalue weighted by atomic mass is 32.2. The molecule has 1 atom stereocenters. The molecule has 0 aliphatic rings. The first-order valence-electron chi connectivity index (χ1n) is 4.63. The minimum Gasteiger partial charge on any atom is -0.256 e. The van der Waals surface area contributed by atoms with E-state index in [1.807, 2.05) is 42.5 Å². The summed E-state index contributed by atoms with van der Waals surface area (Å²) in [5, 5.41) is 0. The Morgan fingerprint density at radius 2 is 1.80 bits per heavy atom. The lowest BCUT2D eigenvalue weighted by Crippen LogP contribution is -1.92. The zero-order valence-electron chi connectivity index (χ0n) is 8.38. The number of aromatic nitrogens is 1. The predicted molar refractivity (Wildman–Crippen MR) is 62.0 cm³/mol. The summed E-state index contributed by atoms with van der Waals surface area (Å²) < 4.78 is 11.5. The van der Waals surface area contributed by atoms with E-state index in [4.69, 9.17) is 0 Å². The molecule has 0 N–H and O–H groups in total. The molecule has 0 bridgehead atoms. The maximum absolute atomic E-state index is 11.5. The number of hydrogen-bond acceptors (Lipinski definition) is 2. The Bertz CT molecular complexity index is 482. The molecule has 3 heteroatoms. The maximum atomic E-state index is 11.5. The van der Waals surface area contributed by atoms with Crippen LogP contribution in [0, 0.1) is 0 Å². The van der Waals surface area contributed by atoms with Crippen LogP contribution in [-0.2, 0) is 10.8 Å². The van der Waals surface area contributed by atoms with Crippen LogP contribution in [0.25, 0.3) is 11.3 Å². The van der Waals surface area contributed by atoms with Gasteiger partial charge in [0.15, 0.2) is 0 Å². The number of pyridine rings is 1. The van der Waals surface area contributed by atoms with Crippen LogP contribution in [-0.4, -0.2) is 15.4 Å². The monoisotopic (exact) mass is 217 g/mol. The van der Waals surface area contributed by atoms with Crippen LogP contribution >= 0.6 is 0 Å². The average Bonchev–Trinajstić information content (AvgIpc) is 2.30. The zero-order valence-corrected chi connectivity index (χ0v) is 9.20. The van der Waals surface area contributed by atoms with Crippen molar-refractivity contribution in [3.63, 3.8) is 0 Å². The van der Waals surface area contributed by atoms with Gasteiger partial charge < -0.3 is 0 Å². The van der Waals surface area contributed by atoms with E-state index >= 15 is 0 Å². The highest BCUT2D eigenvalue weighted by molar-refractivity contribution is 7.84. The summed E-state index contributed by atoms with van der Waals surface area (Å²) in [4.78, 5) is 5.09. The normalized spacial score (nSPS) is 12.3. The van der Waals surface area contributed by atoms with Gasteiger partial charge in [-0.1, -0.05) is 24.3 Å². The second-order valence-electron chi connectivity index (χ2n) is 3.17. The highest BCUT2D eigenvalue weighted by Crippen LogP contribution is 2.23. The van der Waals surface area contributed by atoms with E-state index in [2.05, 4.69) is 4.98 Å². The van der Waals surface area contributed by atoms with E-state index in [1.165, 1.54) is 0 Å². The highest BCUT2D eigenvalue weighted by Gasteiger charge is 2.07. The molecule has 0 aliphatic heterocycles. The lowest BCUT2D eigenvalue weighted by Gasteiger charge is -2.05. The molecule has 0 fully saturated rings. The van der Waals surface area contributed by atoms with Crippen molar-refractivity contribution in [2.75, 3.05) is 6.26 Å². The summed E-state index contributed by atoms with van der Waals surface area (Å²) in [6.07, 6.45) is 3.42. The number of hydrogen-bond donors (Lipinski definition) is 0. The minimum absolute atomic E-state index is 0.830. The third kappa shape index (κ3) is 2.13. The smallest absolute Gasteiger partial charge is 0.0714 e.